The lowest BCUT2D eigenvalue weighted by Gasteiger charge is -2.26. The molecule has 1 saturated heterocycles. The molecular formula is C15H17F3N2O2. The molecule has 0 saturated carbocycles. The Balaban J connectivity index is 2.34. The molecule has 4 nitrogen and oxygen atoms in total. The van der Waals surface area contributed by atoms with Crippen molar-refractivity contribution in [2.75, 3.05) is 32.3 Å². The zero-order chi connectivity index (χ0) is 16.3. The van der Waals surface area contributed by atoms with Crippen molar-refractivity contribution in [3.63, 3.8) is 0 Å². The van der Waals surface area contributed by atoms with E-state index in [1.165, 1.54) is 12.1 Å². The highest BCUT2D eigenvalue weighted by Crippen LogP contribution is 2.35. The van der Waals surface area contributed by atoms with Crippen LogP contribution in [-0.2, 0) is 15.7 Å². The summed E-state index contributed by atoms with van der Waals surface area (Å²) in [7, 11) is 3.18. The number of alkyl halides is 3. The number of halogens is 3. The third-order valence-electron chi connectivity index (χ3n) is 3.83. The Morgan fingerprint density at radius 2 is 2.09 bits per heavy atom. The van der Waals surface area contributed by atoms with Gasteiger partial charge in [-0.1, -0.05) is 0 Å². The maximum atomic E-state index is 12.9. The van der Waals surface area contributed by atoms with Crippen molar-refractivity contribution in [2.45, 2.75) is 24.7 Å². The second kappa shape index (κ2) is 6.55. The average molecular weight is 314 g/mol. The topological polar surface area (TPSA) is 45.5 Å². The van der Waals surface area contributed by atoms with Crippen LogP contribution in [-0.4, -0.2) is 39.5 Å². The predicted molar refractivity (Wildman–Crippen MR) is 74.6 cm³/mol. The van der Waals surface area contributed by atoms with E-state index in [9.17, 15) is 13.2 Å². The number of rotatable bonds is 4. The van der Waals surface area contributed by atoms with Crippen LogP contribution in [0.3, 0.4) is 0 Å². The lowest BCUT2D eigenvalue weighted by atomic mass is 10.1. The molecule has 2 atom stereocenters. The number of nitrogens with zero attached hydrogens (tertiary/aromatic N) is 2. The third kappa shape index (κ3) is 3.34. The minimum Gasteiger partial charge on any atom is -0.383 e. The summed E-state index contributed by atoms with van der Waals surface area (Å²) in [6, 6.07) is 5.27. The smallest absolute Gasteiger partial charge is 0.383 e. The average Bonchev–Trinajstić information content (AvgIpc) is 2.89. The minimum absolute atomic E-state index is 0.00650. The second-order valence-corrected chi connectivity index (χ2v) is 5.19. The lowest BCUT2D eigenvalue weighted by Crippen LogP contribution is -2.33. The van der Waals surface area contributed by atoms with Crippen molar-refractivity contribution in [3.05, 3.63) is 29.3 Å². The third-order valence-corrected chi connectivity index (χ3v) is 3.83. The molecule has 1 aliphatic heterocycles. The van der Waals surface area contributed by atoms with Gasteiger partial charge in [-0.3, -0.25) is 0 Å². The fourth-order valence-electron chi connectivity index (χ4n) is 2.76. The van der Waals surface area contributed by atoms with E-state index in [2.05, 4.69) is 0 Å². The Morgan fingerprint density at radius 3 is 2.64 bits per heavy atom. The molecule has 1 aromatic rings. The van der Waals surface area contributed by atoms with Crippen LogP contribution < -0.4 is 4.90 Å². The molecule has 0 spiro atoms. The first-order valence-electron chi connectivity index (χ1n) is 6.80. The van der Waals surface area contributed by atoms with Crippen LogP contribution in [0.25, 0.3) is 0 Å². The van der Waals surface area contributed by atoms with E-state index < -0.39 is 11.7 Å². The van der Waals surface area contributed by atoms with E-state index in [4.69, 9.17) is 14.7 Å². The molecule has 1 heterocycles. The van der Waals surface area contributed by atoms with Gasteiger partial charge >= 0.3 is 6.18 Å². The molecule has 1 aliphatic rings. The zero-order valence-corrected chi connectivity index (χ0v) is 12.4. The van der Waals surface area contributed by atoms with Gasteiger partial charge in [0.25, 0.3) is 0 Å². The van der Waals surface area contributed by atoms with Crippen molar-refractivity contribution in [2.24, 2.45) is 0 Å². The van der Waals surface area contributed by atoms with E-state index in [1.807, 2.05) is 4.90 Å². The van der Waals surface area contributed by atoms with E-state index in [0.29, 0.717) is 18.8 Å². The van der Waals surface area contributed by atoms with Crippen molar-refractivity contribution in [1.82, 2.24) is 0 Å². The quantitative estimate of drug-likeness (QED) is 0.857. The summed E-state index contributed by atoms with van der Waals surface area (Å²) < 4.78 is 49.1. The summed E-state index contributed by atoms with van der Waals surface area (Å²) in [4.78, 5) is 1.93. The number of ether oxygens (including phenoxy) is 2. The number of hydrogen-bond acceptors (Lipinski definition) is 4. The summed E-state index contributed by atoms with van der Waals surface area (Å²) in [6.07, 6.45) is -3.81. The van der Waals surface area contributed by atoms with Crippen molar-refractivity contribution < 1.29 is 22.6 Å². The molecule has 0 unspecified atom stereocenters. The molecule has 22 heavy (non-hydrogen) atoms. The van der Waals surface area contributed by atoms with E-state index in [1.54, 1.807) is 20.3 Å². The monoisotopic (exact) mass is 314 g/mol. The highest BCUT2D eigenvalue weighted by atomic mass is 19.4. The SMILES string of the molecule is COC[C@@H]1C[C@@H](OC)CN1c1ccc(C(F)(F)F)c(C#N)c1. The van der Waals surface area contributed by atoms with Crippen LogP contribution in [0, 0.1) is 11.3 Å². The molecule has 1 aromatic carbocycles. The fraction of sp³-hybridized carbons (Fsp3) is 0.533. The fourth-order valence-corrected chi connectivity index (χ4v) is 2.76. The molecule has 0 radical (unpaired) electrons. The van der Waals surface area contributed by atoms with Crippen molar-refractivity contribution >= 4 is 5.69 Å². The molecule has 120 valence electrons. The molecule has 0 aliphatic carbocycles. The maximum absolute atomic E-state index is 12.9. The molecule has 7 heteroatoms. The van der Waals surface area contributed by atoms with Crippen molar-refractivity contribution in [1.29, 1.82) is 5.26 Å². The molecular weight excluding hydrogens is 297 g/mol. The number of benzene rings is 1. The molecule has 0 bridgehead atoms. The summed E-state index contributed by atoms with van der Waals surface area (Å²) in [6.45, 7) is 1.00. The first-order chi connectivity index (χ1) is 10.4. The standard InChI is InChI=1S/C15H17F3N2O2/c1-21-9-12-6-13(22-2)8-20(12)11-3-4-14(15(16,17)18)10(5-11)7-19/h3-5,12-13H,6,8-9H2,1-2H3/t12-,13+/m0/s1. The molecule has 0 amide bonds. The Bertz CT molecular complexity index is 569. The van der Waals surface area contributed by atoms with Crippen LogP contribution >= 0.6 is 0 Å². The van der Waals surface area contributed by atoms with Gasteiger partial charge in [0.05, 0.1) is 35.9 Å². The number of nitriles is 1. The van der Waals surface area contributed by atoms with Gasteiger partial charge in [0.2, 0.25) is 0 Å². The highest BCUT2D eigenvalue weighted by molar-refractivity contribution is 5.56. The Hall–Kier alpha value is -1.78. The van der Waals surface area contributed by atoms with Gasteiger partial charge in [-0.05, 0) is 24.6 Å². The number of anilines is 1. The van der Waals surface area contributed by atoms with Crippen LogP contribution in [0.5, 0.6) is 0 Å². The van der Waals surface area contributed by atoms with Gasteiger partial charge in [0, 0.05) is 26.5 Å². The first-order valence-corrected chi connectivity index (χ1v) is 6.80. The normalized spacial score (nSPS) is 21.9. The Morgan fingerprint density at radius 1 is 1.36 bits per heavy atom. The highest BCUT2D eigenvalue weighted by Gasteiger charge is 2.36. The molecule has 1 fully saturated rings. The largest absolute Gasteiger partial charge is 0.417 e. The molecule has 2 rings (SSSR count). The van der Waals surface area contributed by atoms with Crippen LogP contribution in [0.1, 0.15) is 17.5 Å². The minimum atomic E-state index is -4.53. The molecule has 0 aromatic heterocycles. The second-order valence-electron chi connectivity index (χ2n) is 5.19. The van der Waals surface area contributed by atoms with Gasteiger partial charge in [-0.25, -0.2) is 0 Å². The van der Waals surface area contributed by atoms with Crippen LogP contribution in [0.4, 0.5) is 18.9 Å². The first kappa shape index (κ1) is 16.6. The zero-order valence-electron chi connectivity index (χ0n) is 12.4. The van der Waals surface area contributed by atoms with Gasteiger partial charge in [-0.15, -0.1) is 0 Å². The summed E-state index contributed by atoms with van der Waals surface area (Å²) >= 11 is 0. The number of hydrogen-bond donors (Lipinski definition) is 0. The van der Waals surface area contributed by atoms with Gasteiger partial charge < -0.3 is 14.4 Å². The summed E-state index contributed by atoms with van der Waals surface area (Å²) in [5, 5.41) is 9.00. The predicted octanol–water partition coefficient (Wildman–Crippen LogP) is 2.82. The Kier molecular flexibility index (Phi) is 4.94. The van der Waals surface area contributed by atoms with Crippen LogP contribution in [0.2, 0.25) is 0 Å². The van der Waals surface area contributed by atoms with Gasteiger partial charge in [0.15, 0.2) is 0 Å². The summed E-state index contributed by atoms with van der Waals surface area (Å²) in [5.41, 5.74) is -0.710. The van der Waals surface area contributed by atoms with E-state index in [-0.39, 0.29) is 17.7 Å². The lowest BCUT2D eigenvalue weighted by molar-refractivity contribution is -0.137. The van der Waals surface area contributed by atoms with Crippen molar-refractivity contribution in [3.8, 4) is 6.07 Å². The van der Waals surface area contributed by atoms with E-state index in [0.717, 1.165) is 12.5 Å². The van der Waals surface area contributed by atoms with Gasteiger partial charge in [0.1, 0.15) is 0 Å². The summed E-state index contributed by atoms with van der Waals surface area (Å²) in [5.74, 6) is 0. The maximum Gasteiger partial charge on any atom is 0.417 e. The molecule has 0 N–H and O–H groups in total. The van der Waals surface area contributed by atoms with Gasteiger partial charge in [-0.2, -0.15) is 18.4 Å². The van der Waals surface area contributed by atoms with Crippen LogP contribution in [0.15, 0.2) is 18.2 Å². The van der Waals surface area contributed by atoms with E-state index >= 15 is 0 Å². The Labute approximate surface area is 127 Å². The number of methoxy groups -OCH3 is 2.